The average Bonchev–Trinajstić information content (AvgIpc) is 3.11. The first-order chi connectivity index (χ1) is 11.7. The Morgan fingerprint density at radius 2 is 1.75 bits per heavy atom. The highest BCUT2D eigenvalue weighted by atomic mass is 32.1. The van der Waals surface area contributed by atoms with E-state index in [0.29, 0.717) is 11.5 Å². The van der Waals surface area contributed by atoms with Crippen molar-refractivity contribution in [2.24, 2.45) is 0 Å². The molecule has 0 spiro atoms. The Morgan fingerprint density at radius 1 is 1.04 bits per heavy atom. The molecule has 0 unspecified atom stereocenters. The molecule has 0 aliphatic heterocycles. The SMILES string of the molecule is C#Cc1ccc(-c2ccc(C(=O)OCCCCCCCC)s2)cc1. The average molecular weight is 340 g/mol. The maximum absolute atomic E-state index is 12.1. The van der Waals surface area contributed by atoms with Gasteiger partial charge in [-0.2, -0.15) is 0 Å². The minimum Gasteiger partial charge on any atom is -0.462 e. The monoisotopic (exact) mass is 340 g/mol. The van der Waals surface area contributed by atoms with Crippen LogP contribution in [-0.2, 0) is 4.74 Å². The Hall–Kier alpha value is -2.05. The van der Waals surface area contributed by atoms with Gasteiger partial charge in [0.25, 0.3) is 0 Å². The first kappa shape index (κ1) is 18.3. The van der Waals surface area contributed by atoms with E-state index in [9.17, 15) is 4.79 Å². The van der Waals surface area contributed by atoms with Gasteiger partial charge in [-0.25, -0.2) is 4.79 Å². The normalized spacial score (nSPS) is 10.3. The van der Waals surface area contributed by atoms with Gasteiger partial charge in [0, 0.05) is 10.4 Å². The molecular weight excluding hydrogens is 316 g/mol. The van der Waals surface area contributed by atoms with Crippen molar-refractivity contribution >= 4 is 17.3 Å². The largest absolute Gasteiger partial charge is 0.462 e. The van der Waals surface area contributed by atoms with Crippen LogP contribution in [-0.4, -0.2) is 12.6 Å². The van der Waals surface area contributed by atoms with Crippen molar-refractivity contribution in [3.8, 4) is 22.8 Å². The first-order valence-corrected chi connectivity index (χ1v) is 9.40. The molecule has 0 saturated heterocycles. The molecule has 2 nitrogen and oxygen atoms in total. The van der Waals surface area contributed by atoms with E-state index < -0.39 is 0 Å². The second-order valence-corrected chi connectivity index (χ2v) is 6.87. The molecule has 1 aromatic heterocycles. The molecule has 0 radical (unpaired) electrons. The van der Waals surface area contributed by atoms with E-state index >= 15 is 0 Å². The van der Waals surface area contributed by atoms with Gasteiger partial charge in [-0.3, -0.25) is 0 Å². The first-order valence-electron chi connectivity index (χ1n) is 8.58. The van der Waals surface area contributed by atoms with E-state index in [-0.39, 0.29) is 5.97 Å². The van der Waals surface area contributed by atoms with Gasteiger partial charge in [0.05, 0.1) is 6.61 Å². The van der Waals surface area contributed by atoms with E-state index in [0.717, 1.165) is 28.8 Å². The van der Waals surface area contributed by atoms with Crippen LogP contribution in [0.15, 0.2) is 36.4 Å². The van der Waals surface area contributed by atoms with Gasteiger partial charge in [-0.15, -0.1) is 17.8 Å². The van der Waals surface area contributed by atoms with Crippen LogP contribution in [0.25, 0.3) is 10.4 Å². The van der Waals surface area contributed by atoms with E-state index in [1.165, 1.54) is 37.0 Å². The third kappa shape index (κ3) is 5.54. The zero-order valence-corrected chi connectivity index (χ0v) is 15.0. The van der Waals surface area contributed by atoms with Crippen LogP contribution >= 0.6 is 11.3 Å². The second-order valence-electron chi connectivity index (χ2n) is 5.79. The summed E-state index contributed by atoms with van der Waals surface area (Å²) >= 11 is 1.46. The molecule has 2 aromatic rings. The number of unbranched alkanes of at least 4 members (excludes halogenated alkanes) is 5. The maximum atomic E-state index is 12.1. The molecule has 0 bridgehead atoms. The van der Waals surface area contributed by atoms with Gasteiger partial charge in [-0.05, 0) is 36.2 Å². The molecule has 126 valence electrons. The fraction of sp³-hybridized carbons (Fsp3) is 0.381. The highest BCUT2D eigenvalue weighted by Gasteiger charge is 2.11. The summed E-state index contributed by atoms with van der Waals surface area (Å²) in [5.74, 6) is 2.38. The fourth-order valence-electron chi connectivity index (χ4n) is 2.45. The number of benzene rings is 1. The van der Waals surface area contributed by atoms with E-state index in [1.54, 1.807) is 0 Å². The molecule has 0 saturated carbocycles. The van der Waals surface area contributed by atoms with Gasteiger partial charge >= 0.3 is 5.97 Å². The lowest BCUT2D eigenvalue weighted by Gasteiger charge is -2.03. The Kier molecular flexibility index (Phi) is 7.58. The van der Waals surface area contributed by atoms with Gasteiger partial charge < -0.3 is 4.74 Å². The lowest BCUT2D eigenvalue weighted by Crippen LogP contribution is -2.04. The molecular formula is C21H24O2S. The molecule has 0 N–H and O–H groups in total. The Bertz CT molecular complexity index is 677. The number of carbonyl (C=O) groups is 1. The molecule has 24 heavy (non-hydrogen) atoms. The third-order valence-corrected chi connectivity index (χ3v) is 4.99. The standard InChI is InChI=1S/C21H24O2S/c1-3-5-6-7-8-9-16-23-21(22)20-15-14-19(24-20)18-12-10-17(4-2)11-13-18/h2,10-15H,3,5-9,16H2,1H3. The number of thiophene rings is 1. The lowest BCUT2D eigenvalue weighted by molar-refractivity contribution is 0.0503. The smallest absolute Gasteiger partial charge is 0.348 e. The van der Waals surface area contributed by atoms with Gasteiger partial charge in [0.2, 0.25) is 0 Å². The highest BCUT2D eigenvalue weighted by molar-refractivity contribution is 7.17. The minimum absolute atomic E-state index is 0.222. The zero-order valence-electron chi connectivity index (χ0n) is 14.2. The molecule has 0 amide bonds. The Morgan fingerprint density at radius 3 is 2.46 bits per heavy atom. The summed E-state index contributed by atoms with van der Waals surface area (Å²) < 4.78 is 5.37. The molecule has 1 heterocycles. The summed E-state index contributed by atoms with van der Waals surface area (Å²) in [6, 6.07) is 11.6. The number of rotatable bonds is 9. The van der Waals surface area contributed by atoms with Crippen molar-refractivity contribution in [3.63, 3.8) is 0 Å². The van der Waals surface area contributed by atoms with Crippen molar-refractivity contribution < 1.29 is 9.53 Å². The summed E-state index contributed by atoms with van der Waals surface area (Å²) in [6.07, 6.45) is 12.5. The van der Waals surface area contributed by atoms with Crippen LogP contribution in [0.4, 0.5) is 0 Å². The molecule has 0 aliphatic rings. The molecule has 1 aromatic carbocycles. The predicted octanol–water partition coefficient (Wildman–Crippen LogP) is 5.91. The molecule has 0 atom stereocenters. The fourth-order valence-corrected chi connectivity index (χ4v) is 3.36. The molecule has 0 fully saturated rings. The summed E-state index contributed by atoms with van der Waals surface area (Å²) in [5, 5.41) is 0. The summed E-state index contributed by atoms with van der Waals surface area (Å²) in [5.41, 5.74) is 1.92. The van der Waals surface area contributed by atoms with Crippen LogP contribution < -0.4 is 0 Å². The van der Waals surface area contributed by atoms with Crippen LogP contribution in [0.3, 0.4) is 0 Å². The maximum Gasteiger partial charge on any atom is 0.348 e. The molecule has 3 heteroatoms. The van der Waals surface area contributed by atoms with Crippen molar-refractivity contribution in [2.75, 3.05) is 6.61 Å². The predicted molar refractivity (Wildman–Crippen MR) is 101 cm³/mol. The van der Waals surface area contributed by atoms with E-state index in [1.807, 2.05) is 36.4 Å². The van der Waals surface area contributed by atoms with E-state index in [4.69, 9.17) is 11.2 Å². The summed E-state index contributed by atoms with van der Waals surface area (Å²) in [4.78, 5) is 13.8. The lowest BCUT2D eigenvalue weighted by atomic mass is 10.1. The highest BCUT2D eigenvalue weighted by Crippen LogP contribution is 2.28. The number of ether oxygens (including phenoxy) is 1. The van der Waals surface area contributed by atoms with Crippen LogP contribution in [0.1, 0.15) is 60.7 Å². The van der Waals surface area contributed by atoms with Gasteiger partial charge in [0.1, 0.15) is 4.88 Å². The summed E-state index contributed by atoms with van der Waals surface area (Å²) in [7, 11) is 0. The Labute approximate surface area is 148 Å². The third-order valence-electron chi connectivity index (χ3n) is 3.87. The quantitative estimate of drug-likeness (QED) is 0.322. The Balaban J connectivity index is 1.79. The van der Waals surface area contributed by atoms with Gasteiger partial charge in [-0.1, -0.05) is 57.1 Å². The zero-order chi connectivity index (χ0) is 17.2. The summed E-state index contributed by atoms with van der Waals surface area (Å²) in [6.45, 7) is 2.72. The van der Waals surface area contributed by atoms with Crippen molar-refractivity contribution in [3.05, 3.63) is 46.8 Å². The number of hydrogen-bond acceptors (Lipinski definition) is 3. The number of esters is 1. The minimum atomic E-state index is -0.222. The van der Waals surface area contributed by atoms with Crippen LogP contribution in [0.5, 0.6) is 0 Å². The molecule has 0 aliphatic carbocycles. The number of terminal acetylenes is 1. The second kappa shape index (κ2) is 9.95. The van der Waals surface area contributed by atoms with Crippen molar-refractivity contribution in [1.29, 1.82) is 0 Å². The number of hydrogen-bond donors (Lipinski definition) is 0. The van der Waals surface area contributed by atoms with Crippen LogP contribution in [0, 0.1) is 12.3 Å². The molecule has 2 rings (SSSR count). The topological polar surface area (TPSA) is 26.3 Å². The van der Waals surface area contributed by atoms with Crippen LogP contribution in [0.2, 0.25) is 0 Å². The van der Waals surface area contributed by atoms with Gasteiger partial charge in [0.15, 0.2) is 0 Å². The van der Waals surface area contributed by atoms with Crippen molar-refractivity contribution in [2.45, 2.75) is 45.4 Å². The van der Waals surface area contributed by atoms with E-state index in [2.05, 4.69) is 12.8 Å². The van der Waals surface area contributed by atoms with Crippen molar-refractivity contribution in [1.82, 2.24) is 0 Å². The number of carbonyl (C=O) groups excluding carboxylic acids is 1.